The molecule has 2 aromatic heterocycles. The number of nitrogens with one attached hydrogen (secondary N) is 2. The van der Waals surface area contributed by atoms with Gasteiger partial charge in [-0.05, 0) is 29.7 Å². The lowest BCUT2D eigenvalue weighted by molar-refractivity contribution is 0.0711. The van der Waals surface area contributed by atoms with E-state index in [1.165, 1.54) is 29.9 Å². The molecule has 22 heavy (non-hydrogen) atoms. The summed E-state index contributed by atoms with van der Waals surface area (Å²) in [5.41, 5.74) is 2.39. The molecule has 2 heterocycles. The molecule has 0 atom stereocenters. The Labute approximate surface area is 128 Å². The van der Waals surface area contributed by atoms with Gasteiger partial charge in [0.25, 0.3) is 11.8 Å². The molecule has 110 valence electrons. The Kier molecular flexibility index (Phi) is 3.77. The van der Waals surface area contributed by atoms with Crippen LogP contribution in [-0.4, -0.2) is 27.0 Å². The summed E-state index contributed by atoms with van der Waals surface area (Å²) >= 11 is 1.25. The van der Waals surface area contributed by atoms with Gasteiger partial charge in [0.05, 0.1) is 11.1 Å². The van der Waals surface area contributed by atoms with E-state index >= 15 is 0 Å². The van der Waals surface area contributed by atoms with Gasteiger partial charge in [-0.1, -0.05) is 0 Å². The molecule has 0 aliphatic carbocycles. The molecular formula is C14H10N4O3S. The number of fused-ring (bicyclic) bond motifs is 1. The van der Waals surface area contributed by atoms with Gasteiger partial charge in [0, 0.05) is 22.8 Å². The fraction of sp³-hybridized carbons (Fsp3) is 0. The molecule has 0 saturated heterocycles. The lowest BCUT2D eigenvalue weighted by Crippen LogP contribution is -2.16. The topological polar surface area (TPSA) is 104 Å². The van der Waals surface area contributed by atoms with Crippen LogP contribution in [-0.2, 0) is 0 Å². The minimum Gasteiger partial charge on any atom is -0.321 e. The standard InChI is InChI=1S/C14H10N4O3S/c19-13(10-7-15-3-4-16-10)17-9-1-2-11-8(5-9)6-12(22-11)14(20)18-21/h1-7,21H,(H,17,19)(H,18,20). The number of benzene rings is 1. The number of anilines is 1. The molecule has 0 radical (unpaired) electrons. The predicted molar refractivity (Wildman–Crippen MR) is 81.1 cm³/mol. The van der Waals surface area contributed by atoms with Gasteiger partial charge < -0.3 is 5.32 Å². The molecule has 0 spiro atoms. The molecule has 0 bridgehead atoms. The van der Waals surface area contributed by atoms with Crippen molar-refractivity contribution in [1.29, 1.82) is 0 Å². The van der Waals surface area contributed by atoms with E-state index in [4.69, 9.17) is 5.21 Å². The molecule has 3 aromatic rings. The van der Waals surface area contributed by atoms with Crippen molar-refractivity contribution >= 4 is 38.9 Å². The molecule has 3 rings (SSSR count). The first-order valence-corrected chi connectivity index (χ1v) is 7.04. The zero-order valence-electron chi connectivity index (χ0n) is 11.1. The summed E-state index contributed by atoms with van der Waals surface area (Å²) in [6, 6.07) is 6.91. The van der Waals surface area contributed by atoms with Crippen LogP contribution in [0.4, 0.5) is 5.69 Å². The van der Waals surface area contributed by atoms with Gasteiger partial charge in [0.1, 0.15) is 5.69 Å². The van der Waals surface area contributed by atoms with Crippen LogP contribution >= 0.6 is 11.3 Å². The molecular weight excluding hydrogens is 304 g/mol. The SMILES string of the molecule is O=C(Nc1ccc2sc(C(=O)NO)cc2c1)c1cnccn1. The van der Waals surface area contributed by atoms with Crippen molar-refractivity contribution in [2.75, 3.05) is 5.32 Å². The quantitative estimate of drug-likeness (QED) is 0.507. The summed E-state index contributed by atoms with van der Waals surface area (Å²) in [7, 11) is 0. The van der Waals surface area contributed by atoms with Gasteiger partial charge >= 0.3 is 0 Å². The molecule has 0 aliphatic heterocycles. The third-order valence-electron chi connectivity index (χ3n) is 2.90. The van der Waals surface area contributed by atoms with Gasteiger partial charge in [-0.2, -0.15) is 0 Å². The number of thiophene rings is 1. The highest BCUT2D eigenvalue weighted by Crippen LogP contribution is 2.28. The number of rotatable bonds is 3. The Morgan fingerprint density at radius 3 is 2.73 bits per heavy atom. The third-order valence-corrected chi connectivity index (χ3v) is 4.01. The zero-order valence-corrected chi connectivity index (χ0v) is 11.9. The highest BCUT2D eigenvalue weighted by atomic mass is 32.1. The molecule has 0 saturated carbocycles. The van der Waals surface area contributed by atoms with Crippen LogP contribution < -0.4 is 10.8 Å². The van der Waals surface area contributed by atoms with Crippen LogP contribution in [0.3, 0.4) is 0 Å². The molecule has 7 nitrogen and oxygen atoms in total. The second kappa shape index (κ2) is 5.88. The van der Waals surface area contributed by atoms with Crippen LogP contribution in [0.5, 0.6) is 0 Å². The lowest BCUT2D eigenvalue weighted by Gasteiger charge is -2.04. The predicted octanol–water partition coefficient (Wildman–Crippen LogP) is 2.06. The lowest BCUT2D eigenvalue weighted by atomic mass is 10.2. The van der Waals surface area contributed by atoms with Crippen molar-refractivity contribution in [3.63, 3.8) is 0 Å². The van der Waals surface area contributed by atoms with Crippen LogP contribution in [0, 0.1) is 0 Å². The fourth-order valence-corrected chi connectivity index (χ4v) is 2.83. The summed E-state index contributed by atoms with van der Waals surface area (Å²) in [5.74, 6) is -0.928. The molecule has 8 heteroatoms. The summed E-state index contributed by atoms with van der Waals surface area (Å²) < 4.78 is 0.871. The Morgan fingerprint density at radius 1 is 1.14 bits per heavy atom. The van der Waals surface area contributed by atoms with E-state index in [-0.39, 0.29) is 11.6 Å². The molecule has 3 N–H and O–H groups in total. The van der Waals surface area contributed by atoms with Crippen LogP contribution in [0.25, 0.3) is 10.1 Å². The van der Waals surface area contributed by atoms with Gasteiger partial charge in [0.15, 0.2) is 0 Å². The van der Waals surface area contributed by atoms with E-state index in [0.29, 0.717) is 10.6 Å². The van der Waals surface area contributed by atoms with E-state index in [9.17, 15) is 9.59 Å². The minimum atomic E-state index is -0.564. The maximum absolute atomic E-state index is 12.0. The van der Waals surface area contributed by atoms with Gasteiger partial charge in [-0.3, -0.25) is 19.8 Å². The maximum atomic E-state index is 12.0. The first-order valence-electron chi connectivity index (χ1n) is 6.23. The highest BCUT2D eigenvalue weighted by molar-refractivity contribution is 7.20. The van der Waals surface area contributed by atoms with Crippen LogP contribution in [0.15, 0.2) is 42.9 Å². The van der Waals surface area contributed by atoms with E-state index < -0.39 is 5.91 Å². The average Bonchev–Trinajstić information content (AvgIpc) is 2.98. The summed E-state index contributed by atoms with van der Waals surface area (Å²) in [6.07, 6.45) is 4.31. The normalized spacial score (nSPS) is 10.4. The largest absolute Gasteiger partial charge is 0.321 e. The zero-order chi connectivity index (χ0) is 15.5. The van der Waals surface area contributed by atoms with Gasteiger partial charge in [0.2, 0.25) is 0 Å². The number of aromatic nitrogens is 2. The Hall–Kier alpha value is -2.84. The smallest absolute Gasteiger partial charge is 0.284 e. The Bertz CT molecular complexity index is 848. The monoisotopic (exact) mass is 314 g/mol. The molecule has 0 unspecified atom stereocenters. The summed E-state index contributed by atoms with van der Waals surface area (Å²) in [6.45, 7) is 0. The highest BCUT2D eigenvalue weighted by Gasteiger charge is 2.11. The Balaban J connectivity index is 1.86. The first-order chi connectivity index (χ1) is 10.7. The Morgan fingerprint density at radius 2 is 2.00 bits per heavy atom. The molecule has 0 aliphatic rings. The van der Waals surface area contributed by atoms with Gasteiger partial charge in [-0.25, -0.2) is 10.5 Å². The van der Waals surface area contributed by atoms with E-state index in [1.807, 2.05) is 0 Å². The van der Waals surface area contributed by atoms with Crippen molar-refractivity contribution in [3.8, 4) is 0 Å². The third kappa shape index (κ3) is 2.78. The summed E-state index contributed by atoms with van der Waals surface area (Å²) in [5, 5.41) is 12.2. The van der Waals surface area contributed by atoms with Crippen LogP contribution in [0.1, 0.15) is 20.2 Å². The maximum Gasteiger partial charge on any atom is 0.284 e. The van der Waals surface area contributed by atoms with Crippen molar-refractivity contribution < 1.29 is 14.8 Å². The number of hydrogen-bond donors (Lipinski definition) is 3. The second-order valence-electron chi connectivity index (χ2n) is 4.35. The fourth-order valence-electron chi connectivity index (χ4n) is 1.90. The number of carbonyl (C=O) groups excluding carboxylic acids is 2. The van der Waals surface area contributed by atoms with Gasteiger partial charge in [-0.15, -0.1) is 11.3 Å². The van der Waals surface area contributed by atoms with Crippen molar-refractivity contribution in [1.82, 2.24) is 15.4 Å². The molecule has 0 fully saturated rings. The average molecular weight is 314 g/mol. The number of hydroxylamine groups is 1. The minimum absolute atomic E-state index is 0.216. The number of hydrogen-bond acceptors (Lipinski definition) is 6. The van der Waals surface area contributed by atoms with E-state index in [2.05, 4.69) is 15.3 Å². The number of amides is 2. The first kappa shape index (κ1) is 14.1. The number of nitrogens with zero attached hydrogens (tertiary/aromatic N) is 2. The second-order valence-corrected chi connectivity index (χ2v) is 5.43. The molecule has 1 aromatic carbocycles. The van der Waals surface area contributed by atoms with E-state index in [1.54, 1.807) is 29.7 Å². The van der Waals surface area contributed by atoms with Crippen molar-refractivity contribution in [3.05, 3.63) is 53.4 Å². The van der Waals surface area contributed by atoms with Crippen LogP contribution in [0.2, 0.25) is 0 Å². The van der Waals surface area contributed by atoms with E-state index in [0.717, 1.165) is 10.1 Å². The van der Waals surface area contributed by atoms with Crippen molar-refractivity contribution in [2.45, 2.75) is 0 Å². The number of carbonyl (C=O) groups is 2. The summed E-state index contributed by atoms with van der Waals surface area (Å²) in [4.78, 5) is 31.5. The van der Waals surface area contributed by atoms with Crippen molar-refractivity contribution in [2.24, 2.45) is 0 Å². The molecule has 2 amide bonds.